The summed E-state index contributed by atoms with van der Waals surface area (Å²) in [6, 6.07) is 5.29. The Labute approximate surface area is 120 Å². The van der Waals surface area contributed by atoms with Crippen LogP contribution in [0.2, 0.25) is 0 Å². The van der Waals surface area contributed by atoms with Crippen LogP contribution in [0.1, 0.15) is 5.56 Å². The smallest absolute Gasteiger partial charge is 0.271 e. The molecule has 0 aliphatic carbocycles. The van der Waals surface area contributed by atoms with E-state index in [0.717, 1.165) is 17.4 Å². The Bertz CT molecular complexity index is 713. The Balaban J connectivity index is 2.32. The van der Waals surface area contributed by atoms with Gasteiger partial charge in [0.05, 0.1) is 12.8 Å². The molecule has 8 heteroatoms. The molecule has 20 heavy (non-hydrogen) atoms. The van der Waals surface area contributed by atoms with E-state index >= 15 is 0 Å². The average Bonchev–Trinajstić information content (AvgIpc) is 2.91. The van der Waals surface area contributed by atoms with Crippen LogP contribution in [-0.2, 0) is 16.6 Å². The highest BCUT2D eigenvalue weighted by molar-refractivity contribution is 7.94. The summed E-state index contributed by atoms with van der Waals surface area (Å²) in [6.45, 7) is 0.250. The standard InChI is InChI=1S/C12H13FN2O3S2/c1-18-9-2-3-10(13)11(5-9)15-20(16,17)12-4-8(6-14)7-19-12/h2-5,7,15H,6,14H2,1H3. The molecule has 0 unspecified atom stereocenters. The van der Waals surface area contributed by atoms with E-state index in [1.54, 1.807) is 5.38 Å². The van der Waals surface area contributed by atoms with Crippen molar-refractivity contribution in [3.05, 3.63) is 41.0 Å². The number of anilines is 1. The van der Waals surface area contributed by atoms with Gasteiger partial charge in [-0.15, -0.1) is 11.3 Å². The fraction of sp³-hybridized carbons (Fsp3) is 0.167. The highest BCUT2D eigenvalue weighted by Gasteiger charge is 2.19. The molecule has 0 saturated carbocycles. The molecule has 108 valence electrons. The zero-order chi connectivity index (χ0) is 14.8. The van der Waals surface area contributed by atoms with Crippen molar-refractivity contribution in [2.75, 3.05) is 11.8 Å². The van der Waals surface area contributed by atoms with Crippen molar-refractivity contribution >= 4 is 27.0 Å². The molecule has 1 aromatic carbocycles. The molecule has 5 nitrogen and oxygen atoms in total. The number of ether oxygens (including phenoxy) is 1. The van der Waals surface area contributed by atoms with Gasteiger partial charge in [0.1, 0.15) is 15.8 Å². The number of rotatable bonds is 5. The first-order valence-electron chi connectivity index (χ1n) is 5.60. The van der Waals surface area contributed by atoms with Crippen LogP contribution in [0.3, 0.4) is 0 Å². The number of hydrogen-bond acceptors (Lipinski definition) is 5. The largest absolute Gasteiger partial charge is 0.497 e. The van der Waals surface area contributed by atoms with Crippen molar-refractivity contribution in [3.8, 4) is 5.75 Å². The lowest BCUT2D eigenvalue weighted by Gasteiger charge is -2.09. The van der Waals surface area contributed by atoms with Crippen molar-refractivity contribution < 1.29 is 17.5 Å². The molecule has 0 spiro atoms. The summed E-state index contributed by atoms with van der Waals surface area (Å²) in [5, 5.41) is 1.65. The molecule has 0 radical (unpaired) electrons. The molecule has 0 amide bonds. The molecule has 1 heterocycles. The zero-order valence-corrected chi connectivity index (χ0v) is 12.2. The predicted molar refractivity (Wildman–Crippen MR) is 76.0 cm³/mol. The molecule has 0 saturated heterocycles. The van der Waals surface area contributed by atoms with E-state index < -0.39 is 15.8 Å². The Kier molecular flexibility index (Phi) is 4.26. The molecular weight excluding hydrogens is 303 g/mol. The summed E-state index contributed by atoms with van der Waals surface area (Å²) in [5.41, 5.74) is 5.99. The normalized spacial score (nSPS) is 11.3. The third-order valence-corrected chi connectivity index (χ3v) is 5.40. The molecule has 0 fully saturated rings. The lowest BCUT2D eigenvalue weighted by atomic mass is 10.3. The quantitative estimate of drug-likeness (QED) is 0.885. The van der Waals surface area contributed by atoms with Crippen molar-refractivity contribution in [2.24, 2.45) is 5.73 Å². The molecular formula is C12H13FN2O3S2. The Morgan fingerprint density at radius 3 is 2.75 bits per heavy atom. The maximum atomic E-state index is 13.6. The fourth-order valence-corrected chi connectivity index (χ4v) is 3.79. The van der Waals surface area contributed by atoms with Crippen molar-refractivity contribution in [2.45, 2.75) is 10.8 Å². The first-order valence-corrected chi connectivity index (χ1v) is 7.96. The average molecular weight is 316 g/mol. The van der Waals surface area contributed by atoms with E-state index in [9.17, 15) is 12.8 Å². The molecule has 0 aliphatic rings. The number of nitrogens with two attached hydrogens (primary N) is 1. The molecule has 0 bridgehead atoms. The number of sulfonamides is 1. The highest BCUT2D eigenvalue weighted by atomic mass is 32.2. The second kappa shape index (κ2) is 5.78. The van der Waals surface area contributed by atoms with E-state index in [1.807, 2.05) is 0 Å². The van der Waals surface area contributed by atoms with Gasteiger partial charge in [0.15, 0.2) is 0 Å². The second-order valence-corrected chi connectivity index (χ2v) is 6.75. The summed E-state index contributed by atoms with van der Waals surface area (Å²) in [5.74, 6) is -0.317. The number of halogens is 1. The predicted octanol–water partition coefficient (Wildman–Crippen LogP) is 2.16. The van der Waals surface area contributed by atoms with Crippen LogP contribution in [0.25, 0.3) is 0 Å². The molecule has 1 aromatic heterocycles. The Hall–Kier alpha value is -1.64. The van der Waals surface area contributed by atoms with E-state index in [0.29, 0.717) is 11.3 Å². The van der Waals surface area contributed by atoms with Gasteiger partial charge in [0.2, 0.25) is 0 Å². The number of hydrogen-bond donors (Lipinski definition) is 2. The summed E-state index contributed by atoms with van der Waals surface area (Å²) in [6.07, 6.45) is 0. The monoisotopic (exact) mass is 316 g/mol. The van der Waals surface area contributed by atoms with Crippen LogP contribution < -0.4 is 15.2 Å². The van der Waals surface area contributed by atoms with Gasteiger partial charge in [-0.25, -0.2) is 12.8 Å². The van der Waals surface area contributed by atoms with Gasteiger partial charge in [-0.2, -0.15) is 0 Å². The lowest BCUT2D eigenvalue weighted by molar-refractivity contribution is 0.414. The van der Waals surface area contributed by atoms with E-state index in [-0.39, 0.29) is 16.4 Å². The topological polar surface area (TPSA) is 81.4 Å². The second-order valence-electron chi connectivity index (χ2n) is 3.93. The van der Waals surface area contributed by atoms with Gasteiger partial charge in [-0.3, -0.25) is 4.72 Å². The van der Waals surface area contributed by atoms with Gasteiger partial charge < -0.3 is 10.5 Å². The first kappa shape index (κ1) is 14.8. The minimum absolute atomic E-state index is 0.0835. The third-order valence-electron chi connectivity index (χ3n) is 2.55. The number of benzene rings is 1. The van der Waals surface area contributed by atoms with Gasteiger partial charge in [0, 0.05) is 12.6 Å². The molecule has 2 rings (SSSR count). The van der Waals surface area contributed by atoms with Crippen LogP contribution >= 0.6 is 11.3 Å². The number of thiophene rings is 1. The van der Waals surface area contributed by atoms with Crippen molar-refractivity contribution in [1.29, 1.82) is 0 Å². The van der Waals surface area contributed by atoms with Crippen LogP contribution in [-0.4, -0.2) is 15.5 Å². The van der Waals surface area contributed by atoms with E-state index in [4.69, 9.17) is 10.5 Å². The first-order chi connectivity index (χ1) is 9.46. The third kappa shape index (κ3) is 3.09. The minimum atomic E-state index is -3.83. The maximum Gasteiger partial charge on any atom is 0.271 e. The Morgan fingerprint density at radius 1 is 1.40 bits per heavy atom. The Morgan fingerprint density at radius 2 is 2.15 bits per heavy atom. The van der Waals surface area contributed by atoms with Crippen LogP contribution in [0.5, 0.6) is 5.75 Å². The van der Waals surface area contributed by atoms with Gasteiger partial charge in [-0.1, -0.05) is 0 Å². The number of nitrogens with one attached hydrogen (secondary N) is 1. The molecule has 0 aliphatic heterocycles. The van der Waals surface area contributed by atoms with Crippen LogP contribution in [0.15, 0.2) is 33.9 Å². The van der Waals surface area contributed by atoms with E-state index in [2.05, 4.69) is 4.72 Å². The summed E-state index contributed by atoms with van der Waals surface area (Å²) in [4.78, 5) is 0. The zero-order valence-electron chi connectivity index (χ0n) is 10.6. The van der Waals surface area contributed by atoms with Gasteiger partial charge in [0.25, 0.3) is 10.0 Å². The van der Waals surface area contributed by atoms with Crippen LogP contribution in [0.4, 0.5) is 10.1 Å². The SMILES string of the molecule is COc1ccc(F)c(NS(=O)(=O)c2cc(CN)cs2)c1. The lowest BCUT2D eigenvalue weighted by Crippen LogP contribution is -2.12. The maximum absolute atomic E-state index is 13.6. The van der Waals surface area contributed by atoms with Crippen molar-refractivity contribution in [1.82, 2.24) is 0 Å². The fourth-order valence-electron chi connectivity index (χ4n) is 1.51. The van der Waals surface area contributed by atoms with Crippen LogP contribution in [0, 0.1) is 5.82 Å². The van der Waals surface area contributed by atoms with Crippen molar-refractivity contribution in [3.63, 3.8) is 0 Å². The highest BCUT2D eigenvalue weighted by Crippen LogP contribution is 2.26. The summed E-state index contributed by atoms with van der Waals surface area (Å²) in [7, 11) is -2.42. The summed E-state index contributed by atoms with van der Waals surface area (Å²) >= 11 is 1.03. The van der Waals surface area contributed by atoms with Gasteiger partial charge >= 0.3 is 0 Å². The molecule has 0 atom stereocenters. The minimum Gasteiger partial charge on any atom is -0.497 e. The van der Waals surface area contributed by atoms with Gasteiger partial charge in [-0.05, 0) is 29.1 Å². The number of methoxy groups -OCH3 is 1. The molecule has 2 aromatic rings. The summed E-state index contributed by atoms with van der Waals surface area (Å²) < 4.78 is 45.1. The molecule has 3 N–H and O–H groups in total. The van der Waals surface area contributed by atoms with E-state index in [1.165, 1.54) is 25.3 Å².